The molecule has 0 aliphatic rings. The second-order valence-corrected chi connectivity index (χ2v) is 6.38. The molecule has 1 heterocycles. The van der Waals surface area contributed by atoms with Crippen LogP contribution in [0.1, 0.15) is 22.3 Å². The highest BCUT2D eigenvalue weighted by atomic mass is 32.2. The molecule has 0 aliphatic carbocycles. The molecule has 2 N–H and O–H groups in total. The molecule has 20 heavy (non-hydrogen) atoms. The highest BCUT2D eigenvalue weighted by Gasteiger charge is 2.10. The Morgan fingerprint density at radius 3 is 2.90 bits per heavy atom. The van der Waals surface area contributed by atoms with Crippen molar-refractivity contribution < 1.29 is 18.3 Å². The van der Waals surface area contributed by atoms with Gasteiger partial charge in [0.25, 0.3) is 5.91 Å². The Morgan fingerprint density at radius 1 is 1.50 bits per heavy atom. The normalized spacial score (nSPS) is 10.5. The zero-order valence-electron chi connectivity index (χ0n) is 11.1. The molecule has 0 saturated carbocycles. The van der Waals surface area contributed by atoms with E-state index in [1.165, 1.54) is 18.5 Å². The van der Waals surface area contributed by atoms with Crippen molar-refractivity contribution in [1.29, 1.82) is 0 Å². The van der Waals surface area contributed by atoms with Gasteiger partial charge in [-0.25, -0.2) is 8.42 Å². The molecule has 1 rings (SSSR count). The number of pyridine rings is 1. The Kier molecular flexibility index (Phi) is 6.15. The summed E-state index contributed by atoms with van der Waals surface area (Å²) in [6, 6.07) is 1.52. The van der Waals surface area contributed by atoms with Crippen LogP contribution in [0, 0.1) is 11.8 Å². The minimum atomic E-state index is -3.02. The van der Waals surface area contributed by atoms with Crippen LogP contribution in [0.15, 0.2) is 18.5 Å². The SMILES string of the molecule is CS(=O)(=O)CCCNC(=O)c1ccncc1C#CCO. The zero-order valence-corrected chi connectivity index (χ0v) is 11.9. The summed E-state index contributed by atoms with van der Waals surface area (Å²) in [6.45, 7) is -0.0363. The fourth-order valence-corrected chi connectivity index (χ4v) is 2.13. The number of carbonyl (C=O) groups excluding carboxylic acids is 1. The summed E-state index contributed by atoms with van der Waals surface area (Å²) in [5, 5.41) is 11.3. The van der Waals surface area contributed by atoms with Crippen molar-refractivity contribution in [3.63, 3.8) is 0 Å². The summed E-state index contributed by atoms with van der Waals surface area (Å²) < 4.78 is 21.9. The number of hydrogen-bond acceptors (Lipinski definition) is 5. The van der Waals surface area contributed by atoms with Crippen LogP contribution >= 0.6 is 0 Å². The highest BCUT2D eigenvalue weighted by molar-refractivity contribution is 7.90. The molecule has 6 nitrogen and oxygen atoms in total. The smallest absolute Gasteiger partial charge is 0.252 e. The first-order valence-electron chi connectivity index (χ1n) is 5.93. The van der Waals surface area contributed by atoms with Crippen molar-refractivity contribution in [2.24, 2.45) is 0 Å². The Labute approximate surface area is 118 Å². The maximum absolute atomic E-state index is 11.9. The van der Waals surface area contributed by atoms with Crippen LogP contribution in [-0.4, -0.2) is 49.6 Å². The Balaban J connectivity index is 2.64. The number of sulfone groups is 1. The van der Waals surface area contributed by atoms with Crippen LogP contribution in [0.3, 0.4) is 0 Å². The molecule has 0 aliphatic heterocycles. The molecular weight excluding hydrogens is 280 g/mol. The molecule has 0 atom stereocenters. The van der Waals surface area contributed by atoms with Gasteiger partial charge in [-0.2, -0.15) is 0 Å². The van der Waals surface area contributed by atoms with Crippen LogP contribution in [0.5, 0.6) is 0 Å². The van der Waals surface area contributed by atoms with E-state index in [1.807, 2.05) is 0 Å². The molecule has 108 valence electrons. The number of rotatable bonds is 5. The quantitative estimate of drug-likeness (QED) is 0.569. The summed E-state index contributed by atoms with van der Waals surface area (Å²) in [7, 11) is -3.02. The van der Waals surface area contributed by atoms with Crippen molar-refractivity contribution >= 4 is 15.7 Å². The fraction of sp³-hybridized carbons (Fsp3) is 0.385. The van der Waals surface area contributed by atoms with Crippen LogP contribution in [0.25, 0.3) is 0 Å². The number of aliphatic hydroxyl groups is 1. The third-order valence-corrected chi connectivity index (χ3v) is 3.38. The van der Waals surface area contributed by atoms with Gasteiger partial charge in [0.2, 0.25) is 0 Å². The largest absolute Gasteiger partial charge is 0.384 e. The molecule has 0 aromatic carbocycles. The second-order valence-electron chi connectivity index (χ2n) is 4.12. The van der Waals surface area contributed by atoms with E-state index in [0.29, 0.717) is 17.5 Å². The van der Waals surface area contributed by atoms with Gasteiger partial charge >= 0.3 is 0 Å². The van der Waals surface area contributed by atoms with Gasteiger partial charge in [-0.15, -0.1) is 0 Å². The molecule has 1 aromatic heterocycles. The number of aromatic nitrogens is 1. The molecule has 1 amide bonds. The minimum absolute atomic E-state index is 0.0286. The zero-order chi connectivity index (χ0) is 15.0. The number of carbonyl (C=O) groups is 1. The monoisotopic (exact) mass is 296 g/mol. The molecular formula is C13H16N2O4S. The van der Waals surface area contributed by atoms with Gasteiger partial charge in [-0.3, -0.25) is 9.78 Å². The van der Waals surface area contributed by atoms with Gasteiger partial charge in [0.15, 0.2) is 0 Å². The topological polar surface area (TPSA) is 96.4 Å². The van der Waals surface area contributed by atoms with Crippen molar-refractivity contribution in [2.75, 3.05) is 25.2 Å². The van der Waals surface area contributed by atoms with Crippen molar-refractivity contribution in [1.82, 2.24) is 10.3 Å². The van der Waals surface area contributed by atoms with E-state index in [4.69, 9.17) is 5.11 Å². The number of hydrogen-bond donors (Lipinski definition) is 2. The molecule has 0 saturated heterocycles. The molecule has 0 bridgehead atoms. The van der Waals surface area contributed by atoms with E-state index in [9.17, 15) is 13.2 Å². The van der Waals surface area contributed by atoms with Gasteiger partial charge in [0.1, 0.15) is 16.4 Å². The van der Waals surface area contributed by atoms with E-state index in [0.717, 1.165) is 6.26 Å². The lowest BCUT2D eigenvalue weighted by Gasteiger charge is -2.06. The summed E-state index contributed by atoms with van der Waals surface area (Å²) in [6.07, 6.45) is 4.41. The van der Waals surface area contributed by atoms with Gasteiger partial charge < -0.3 is 10.4 Å². The number of nitrogens with one attached hydrogen (secondary N) is 1. The summed E-state index contributed by atoms with van der Waals surface area (Å²) in [5.74, 6) is 4.78. The van der Waals surface area contributed by atoms with Crippen molar-refractivity contribution in [3.8, 4) is 11.8 Å². The Hall–Kier alpha value is -1.91. The molecule has 0 spiro atoms. The van der Waals surface area contributed by atoms with Crippen LogP contribution in [-0.2, 0) is 9.84 Å². The number of nitrogens with zero attached hydrogens (tertiary/aromatic N) is 1. The first kappa shape index (κ1) is 16.1. The first-order valence-corrected chi connectivity index (χ1v) is 8.00. The molecule has 0 radical (unpaired) electrons. The average Bonchev–Trinajstić information content (AvgIpc) is 2.40. The third-order valence-electron chi connectivity index (χ3n) is 2.35. The predicted molar refractivity (Wildman–Crippen MR) is 74.9 cm³/mol. The molecule has 0 fully saturated rings. The van der Waals surface area contributed by atoms with Gasteiger partial charge in [0.05, 0.1) is 16.9 Å². The third kappa shape index (κ3) is 5.82. The number of aliphatic hydroxyl groups excluding tert-OH is 1. The minimum Gasteiger partial charge on any atom is -0.384 e. The highest BCUT2D eigenvalue weighted by Crippen LogP contribution is 2.05. The lowest BCUT2D eigenvalue weighted by atomic mass is 10.1. The van der Waals surface area contributed by atoms with Gasteiger partial charge in [-0.05, 0) is 12.5 Å². The van der Waals surface area contributed by atoms with Crippen molar-refractivity contribution in [2.45, 2.75) is 6.42 Å². The van der Waals surface area contributed by atoms with Crippen LogP contribution in [0.2, 0.25) is 0 Å². The van der Waals surface area contributed by atoms with Gasteiger partial charge in [-0.1, -0.05) is 11.8 Å². The Morgan fingerprint density at radius 2 is 2.25 bits per heavy atom. The van der Waals surface area contributed by atoms with E-state index in [1.54, 1.807) is 0 Å². The summed E-state index contributed by atoms with van der Waals surface area (Å²) in [4.78, 5) is 15.8. The van der Waals surface area contributed by atoms with E-state index in [2.05, 4.69) is 22.1 Å². The predicted octanol–water partition coefficient (Wildman–Crippen LogP) is -0.410. The number of amides is 1. The second kappa shape index (κ2) is 7.62. The van der Waals surface area contributed by atoms with Crippen LogP contribution in [0.4, 0.5) is 0 Å². The van der Waals surface area contributed by atoms with Crippen LogP contribution < -0.4 is 5.32 Å². The fourth-order valence-electron chi connectivity index (χ4n) is 1.46. The standard InChI is InChI=1S/C13H16N2O4S/c1-20(18,19)9-3-6-15-13(17)12-5-7-14-10-11(12)4-2-8-16/h5,7,10,16H,3,6,8-9H2,1H3,(H,15,17). The first-order chi connectivity index (χ1) is 9.44. The van der Waals surface area contributed by atoms with E-state index >= 15 is 0 Å². The average molecular weight is 296 g/mol. The summed E-state index contributed by atoms with van der Waals surface area (Å²) in [5.41, 5.74) is 0.766. The van der Waals surface area contributed by atoms with Gasteiger partial charge in [0, 0.05) is 25.2 Å². The van der Waals surface area contributed by atoms with E-state index < -0.39 is 9.84 Å². The molecule has 0 unspecified atom stereocenters. The maximum Gasteiger partial charge on any atom is 0.252 e. The lowest BCUT2D eigenvalue weighted by Crippen LogP contribution is -2.26. The Bertz CT molecular complexity index is 629. The maximum atomic E-state index is 11.9. The molecule has 7 heteroatoms. The molecule has 1 aromatic rings. The summed E-state index contributed by atoms with van der Waals surface area (Å²) >= 11 is 0. The lowest BCUT2D eigenvalue weighted by molar-refractivity contribution is 0.0953. The van der Waals surface area contributed by atoms with E-state index in [-0.39, 0.29) is 24.8 Å². The van der Waals surface area contributed by atoms with Crippen molar-refractivity contribution in [3.05, 3.63) is 29.6 Å².